The van der Waals surface area contributed by atoms with Gasteiger partial charge in [-0.3, -0.25) is 4.98 Å². The molecule has 0 atom stereocenters. The molecule has 0 saturated carbocycles. The monoisotopic (exact) mass is 294 g/mol. The van der Waals surface area contributed by atoms with Crippen molar-refractivity contribution < 1.29 is 0 Å². The number of halogens is 1. The second kappa shape index (κ2) is 7.61. The summed E-state index contributed by atoms with van der Waals surface area (Å²) >= 11 is 7.90. The van der Waals surface area contributed by atoms with Gasteiger partial charge in [0.2, 0.25) is 0 Å². The normalized spacial score (nSPS) is 10.8. The van der Waals surface area contributed by atoms with E-state index in [0.717, 1.165) is 28.2 Å². The molecule has 2 rings (SSSR count). The average molecular weight is 295 g/mol. The molecule has 0 aliphatic rings. The van der Waals surface area contributed by atoms with Crippen molar-refractivity contribution in [2.45, 2.75) is 19.3 Å². The summed E-state index contributed by atoms with van der Waals surface area (Å²) in [5.41, 5.74) is 2.09. The molecule has 4 heteroatoms. The molecular weight excluding hydrogens is 276 g/mol. The predicted molar refractivity (Wildman–Crippen MR) is 87.5 cm³/mol. The Balaban J connectivity index is 1.93. The summed E-state index contributed by atoms with van der Waals surface area (Å²) in [5.74, 6) is 1.26. The van der Waals surface area contributed by atoms with E-state index in [-0.39, 0.29) is 0 Å². The number of aromatic nitrogens is 1. The zero-order chi connectivity index (χ0) is 13.5. The maximum atomic E-state index is 5.98. The van der Waals surface area contributed by atoms with Crippen molar-refractivity contribution in [1.29, 1.82) is 0 Å². The van der Waals surface area contributed by atoms with E-state index in [4.69, 9.17) is 11.6 Å². The Morgan fingerprint density at radius 1 is 1.21 bits per heavy atom. The van der Waals surface area contributed by atoms with Crippen LogP contribution in [0.25, 0.3) is 10.9 Å². The topological polar surface area (TPSA) is 24.9 Å². The minimum absolute atomic E-state index is 0.731. The molecule has 0 aliphatic heterocycles. The maximum Gasteiger partial charge on any atom is 0.0737 e. The number of rotatable bonds is 7. The van der Waals surface area contributed by atoms with Crippen molar-refractivity contribution in [1.82, 2.24) is 4.98 Å². The molecule has 0 saturated heterocycles. The molecule has 0 aliphatic carbocycles. The van der Waals surface area contributed by atoms with E-state index >= 15 is 0 Å². The number of hydrogen-bond donors (Lipinski definition) is 1. The lowest BCUT2D eigenvalue weighted by Crippen LogP contribution is -2.02. The van der Waals surface area contributed by atoms with Crippen LogP contribution in [0.2, 0.25) is 5.02 Å². The van der Waals surface area contributed by atoms with Crippen LogP contribution in [0.5, 0.6) is 0 Å². The number of anilines is 1. The summed E-state index contributed by atoms with van der Waals surface area (Å²) in [6.07, 6.45) is 7.78. The van der Waals surface area contributed by atoms with Gasteiger partial charge < -0.3 is 5.32 Å². The second-order valence-electron chi connectivity index (χ2n) is 4.50. The standard InChI is InChI=1S/C15H19ClN2S/c1-19-10-4-2-3-8-17-14-7-9-18-15-11-12(16)5-6-13(14)15/h5-7,9,11H,2-4,8,10H2,1H3,(H,17,18). The minimum Gasteiger partial charge on any atom is -0.384 e. The third-order valence-corrected chi connectivity index (χ3v) is 3.98. The van der Waals surface area contributed by atoms with Gasteiger partial charge in [-0.05, 0) is 49.1 Å². The van der Waals surface area contributed by atoms with Crippen LogP contribution in [0.4, 0.5) is 5.69 Å². The van der Waals surface area contributed by atoms with E-state index in [1.165, 1.54) is 25.0 Å². The summed E-state index contributed by atoms with van der Waals surface area (Å²) in [6, 6.07) is 7.87. The number of fused-ring (bicyclic) bond motifs is 1. The molecule has 1 aromatic carbocycles. The number of hydrogen-bond acceptors (Lipinski definition) is 3. The van der Waals surface area contributed by atoms with Crippen molar-refractivity contribution >= 4 is 40.0 Å². The lowest BCUT2D eigenvalue weighted by atomic mass is 10.2. The molecule has 1 aromatic heterocycles. The number of benzene rings is 1. The molecule has 2 nitrogen and oxygen atoms in total. The highest BCUT2D eigenvalue weighted by Gasteiger charge is 2.01. The quantitative estimate of drug-likeness (QED) is 0.740. The first-order valence-corrected chi connectivity index (χ1v) is 8.35. The molecule has 0 spiro atoms. The van der Waals surface area contributed by atoms with Crippen LogP contribution in [0, 0.1) is 0 Å². The third kappa shape index (κ3) is 4.29. The smallest absolute Gasteiger partial charge is 0.0737 e. The molecule has 1 N–H and O–H groups in total. The van der Waals surface area contributed by atoms with E-state index < -0.39 is 0 Å². The summed E-state index contributed by atoms with van der Waals surface area (Å²) < 4.78 is 0. The fourth-order valence-electron chi connectivity index (χ4n) is 2.05. The van der Waals surface area contributed by atoms with Gasteiger partial charge in [0, 0.05) is 28.8 Å². The van der Waals surface area contributed by atoms with Crippen LogP contribution in [-0.2, 0) is 0 Å². The van der Waals surface area contributed by atoms with E-state index in [0.29, 0.717) is 0 Å². The number of nitrogens with one attached hydrogen (secondary N) is 1. The summed E-state index contributed by atoms with van der Waals surface area (Å²) in [6.45, 7) is 1.01. The molecule has 0 fully saturated rings. The first-order valence-electron chi connectivity index (χ1n) is 6.58. The summed E-state index contributed by atoms with van der Waals surface area (Å²) in [7, 11) is 0. The molecule has 0 unspecified atom stereocenters. The van der Waals surface area contributed by atoms with E-state index in [1.54, 1.807) is 0 Å². The van der Waals surface area contributed by atoms with Crippen molar-refractivity contribution in [3.63, 3.8) is 0 Å². The highest BCUT2D eigenvalue weighted by molar-refractivity contribution is 7.98. The predicted octanol–water partition coefficient (Wildman–Crippen LogP) is 4.83. The zero-order valence-electron chi connectivity index (χ0n) is 11.2. The molecule has 0 radical (unpaired) electrons. The summed E-state index contributed by atoms with van der Waals surface area (Å²) in [4.78, 5) is 4.34. The second-order valence-corrected chi connectivity index (χ2v) is 5.92. The van der Waals surface area contributed by atoms with Gasteiger partial charge >= 0.3 is 0 Å². The molecule has 1 heterocycles. The van der Waals surface area contributed by atoms with Gasteiger partial charge in [-0.15, -0.1) is 0 Å². The fourth-order valence-corrected chi connectivity index (χ4v) is 2.71. The Hall–Kier alpha value is -0.930. The number of nitrogens with zero attached hydrogens (tertiary/aromatic N) is 1. The Morgan fingerprint density at radius 3 is 2.95 bits per heavy atom. The Bertz CT molecular complexity index is 531. The van der Waals surface area contributed by atoms with Gasteiger partial charge in [-0.2, -0.15) is 11.8 Å². The van der Waals surface area contributed by atoms with Gasteiger partial charge in [0.25, 0.3) is 0 Å². The Morgan fingerprint density at radius 2 is 2.11 bits per heavy atom. The lowest BCUT2D eigenvalue weighted by molar-refractivity contribution is 0.750. The van der Waals surface area contributed by atoms with E-state index in [1.807, 2.05) is 42.2 Å². The highest BCUT2D eigenvalue weighted by Crippen LogP contribution is 2.24. The Kier molecular flexibility index (Phi) is 5.80. The highest BCUT2D eigenvalue weighted by atomic mass is 35.5. The fraction of sp³-hybridized carbons (Fsp3) is 0.400. The summed E-state index contributed by atoms with van der Waals surface area (Å²) in [5, 5.41) is 5.36. The van der Waals surface area contributed by atoms with Crippen molar-refractivity contribution in [2.75, 3.05) is 23.9 Å². The van der Waals surface area contributed by atoms with Crippen molar-refractivity contribution in [3.05, 3.63) is 35.5 Å². The molecule has 2 aromatic rings. The molecule has 19 heavy (non-hydrogen) atoms. The molecule has 102 valence electrons. The van der Waals surface area contributed by atoms with E-state index in [2.05, 4.69) is 16.6 Å². The average Bonchev–Trinajstić information content (AvgIpc) is 2.42. The van der Waals surface area contributed by atoms with Gasteiger partial charge in [0.15, 0.2) is 0 Å². The number of unbranched alkanes of at least 4 members (excludes halogenated alkanes) is 2. The van der Waals surface area contributed by atoms with Gasteiger partial charge in [-0.1, -0.05) is 18.0 Å². The minimum atomic E-state index is 0.731. The number of thioether (sulfide) groups is 1. The van der Waals surface area contributed by atoms with Crippen LogP contribution in [-0.4, -0.2) is 23.5 Å². The molecule has 0 bridgehead atoms. The molecular formula is C15H19ClN2S. The van der Waals surface area contributed by atoms with Gasteiger partial charge in [0.05, 0.1) is 5.52 Å². The maximum absolute atomic E-state index is 5.98. The van der Waals surface area contributed by atoms with E-state index in [9.17, 15) is 0 Å². The van der Waals surface area contributed by atoms with Gasteiger partial charge in [0.1, 0.15) is 0 Å². The van der Waals surface area contributed by atoms with Crippen LogP contribution >= 0.6 is 23.4 Å². The van der Waals surface area contributed by atoms with Crippen LogP contribution in [0.1, 0.15) is 19.3 Å². The van der Waals surface area contributed by atoms with Crippen LogP contribution in [0.3, 0.4) is 0 Å². The van der Waals surface area contributed by atoms with Crippen LogP contribution < -0.4 is 5.32 Å². The zero-order valence-corrected chi connectivity index (χ0v) is 12.7. The third-order valence-electron chi connectivity index (χ3n) is 3.05. The van der Waals surface area contributed by atoms with Crippen LogP contribution in [0.15, 0.2) is 30.5 Å². The van der Waals surface area contributed by atoms with Gasteiger partial charge in [-0.25, -0.2) is 0 Å². The largest absolute Gasteiger partial charge is 0.384 e. The number of pyridine rings is 1. The first kappa shape index (κ1) is 14.5. The lowest BCUT2D eigenvalue weighted by Gasteiger charge is -2.09. The van der Waals surface area contributed by atoms with Crippen molar-refractivity contribution in [3.8, 4) is 0 Å². The molecule has 0 amide bonds. The first-order chi connectivity index (χ1) is 9.31. The Labute approximate surface area is 123 Å². The SMILES string of the molecule is CSCCCCCNc1ccnc2cc(Cl)ccc12. The van der Waals surface area contributed by atoms with Crippen molar-refractivity contribution in [2.24, 2.45) is 0 Å².